The van der Waals surface area contributed by atoms with Crippen molar-refractivity contribution in [1.82, 2.24) is 14.4 Å². The number of imidazole rings is 1. The number of benzene rings is 1. The molecule has 2 amide bonds. The van der Waals surface area contributed by atoms with Gasteiger partial charge in [0.25, 0.3) is 11.8 Å². The van der Waals surface area contributed by atoms with Crippen molar-refractivity contribution in [3.05, 3.63) is 65.5 Å². The molecule has 0 fully saturated rings. The summed E-state index contributed by atoms with van der Waals surface area (Å²) in [7, 11) is 0. The number of nitrogens with zero attached hydrogens (tertiary/aromatic N) is 3. The van der Waals surface area contributed by atoms with Gasteiger partial charge >= 0.3 is 5.97 Å². The minimum Gasteiger partial charge on any atom is -0.322 e. The van der Waals surface area contributed by atoms with Crippen LogP contribution < -0.4 is 0 Å². The molecule has 0 saturated heterocycles. The zero-order chi connectivity index (χ0) is 17.6. The molecule has 1 aliphatic rings. The molecule has 0 bridgehead atoms. The second kappa shape index (κ2) is 5.75. The summed E-state index contributed by atoms with van der Waals surface area (Å²) in [6.45, 7) is 0. The van der Waals surface area contributed by atoms with Crippen LogP contribution in [0.15, 0.2) is 53.8 Å². The summed E-state index contributed by atoms with van der Waals surface area (Å²) in [6.07, 6.45) is 3.61. The van der Waals surface area contributed by atoms with Gasteiger partial charge in [0.2, 0.25) is 0 Å². The van der Waals surface area contributed by atoms with Gasteiger partial charge in [0.15, 0.2) is 10.9 Å². The van der Waals surface area contributed by atoms with Crippen molar-refractivity contribution >= 4 is 35.1 Å². The SMILES string of the molecule is CSc1nc(C(=O)ON2C(=O)c3ccccc3C2=O)c2ccccn12. The minimum absolute atomic E-state index is 0.0431. The van der Waals surface area contributed by atoms with Crippen LogP contribution in [0.25, 0.3) is 5.52 Å². The summed E-state index contributed by atoms with van der Waals surface area (Å²) in [5.41, 5.74) is 0.995. The maximum atomic E-state index is 12.5. The zero-order valence-electron chi connectivity index (χ0n) is 13.0. The Bertz CT molecular complexity index is 1010. The van der Waals surface area contributed by atoms with Crippen LogP contribution in [0.1, 0.15) is 31.2 Å². The summed E-state index contributed by atoms with van der Waals surface area (Å²) in [5, 5.41) is 1.09. The van der Waals surface area contributed by atoms with Crippen LogP contribution in [-0.2, 0) is 4.84 Å². The number of carbonyl (C=O) groups is 3. The van der Waals surface area contributed by atoms with Gasteiger partial charge in [0.1, 0.15) is 0 Å². The Kier molecular flexibility index (Phi) is 3.54. The van der Waals surface area contributed by atoms with E-state index in [-0.39, 0.29) is 16.8 Å². The van der Waals surface area contributed by atoms with Gasteiger partial charge < -0.3 is 4.84 Å². The third-order valence-corrected chi connectivity index (χ3v) is 4.48. The van der Waals surface area contributed by atoms with Crippen LogP contribution >= 0.6 is 11.8 Å². The Morgan fingerprint density at radius 2 is 1.68 bits per heavy atom. The lowest BCUT2D eigenvalue weighted by Crippen LogP contribution is -2.32. The fraction of sp³-hybridized carbons (Fsp3) is 0.0588. The van der Waals surface area contributed by atoms with E-state index in [1.165, 1.54) is 23.9 Å². The fourth-order valence-corrected chi connectivity index (χ4v) is 3.22. The molecule has 1 aromatic carbocycles. The first-order chi connectivity index (χ1) is 12.1. The number of aromatic nitrogens is 2. The number of fused-ring (bicyclic) bond motifs is 2. The van der Waals surface area contributed by atoms with Crippen molar-refractivity contribution in [3.8, 4) is 0 Å². The van der Waals surface area contributed by atoms with Gasteiger partial charge in [-0.25, -0.2) is 9.78 Å². The molecule has 0 atom stereocenters. The van der Waals surface area contributed by atoms with Crippen LogP contribution in [0.2, 0.25) is 0 Å². The highest BCUT2D eigenvalue weighted by molar-refractivity contribution is 7.98. The Hall–Kier alpha value is -3.13. The van der Waals surface area contributed by atoms with E-state index in [2.05, 4.69) is 4.98 Å². The van der Waals surface area contributed by atoms with Gasteiger partial charge in [-0.3, -0.25) is 14.0 Å². The highest BCUT2D eigenvalue weighted by atomic mass is 32.2. The van der Waals surface area contributed by atoms with Gasteiger partial charge in [0.05, 0.1) is 16.6 Å². The number of imide groups is 1. The summed E-state index contributed by atoms with van der Waals surface area (Å²) in [5.74, 6) is -2.19. The van der Waals surface area contributed by atoms with Gasteiger partial charge in [-0.15, -0.1) is 0 Å². The largest absolute Gasteiger partial charge is 0.384 e. The Morgan fingerprint density at radius 3 is 2.32 bits per heavy atom. The van der Waals surface area contributed by atoms with Crippen molar-refractivity contribution in [2.24, 2.45) is 0 Å². The second-order valence-corrected chi connectivity index (χ2v) is 6.01. The lowest BCUT2D eigenvalue weighted by molar-refractivity contribution is -0.0587. The molecule has 25 heavy (non-hydrogen) atoms. The molecule has 7 nitrogen and oxygen atoms in total. The smallest absolute Gasteiger partial charge is 0.322 e. The van der Waals surface area contributed by atoms with E-state index in [1.54, 1.807) is 34.9 Å². The number of hydrogen-bond donors (Lipinski definition) is 0. The summed E-state index contributed by atoms with van der Waals surface area (Å²) >= 11 is 1.37. The van der Waals surface area contributed by atoms with Crippen molar-refractivity contribution < 1.29 is 19.2 Å². The molecule has 0 saturated carbocycles. The van der Waals surface area contributed by atoms with Crippen LogP contribution in [0.5, 0.6) is 0 Å². The molecule has 0 radical (unpaired) electrons. The first-order valence-electron chi connectivity index (χ1n) is 7.33. The lowest BCUT2D eigenvalue weighted by Gasteiger charge is -2.11. The molecule has 2 aromatic heterocycles. The van der Waals surface area contributed by atoms with Crippen LogP contribution in [0, 0.1) is 0 Å². The number of thioether (sulfide) groups is 1. The first kappa shape index (κ1) is 15.4. The average Bonchev–Trinajstić information content (AvgIpc) is 3.13. The standard InChI is InChI=1S/C17H11N3O4S/c1-25-17-18-13(12-8-4-5-9-19(12)17)16(23)24-20-14(21)10-6-2-3-7-11(10)15(20)22/h2-9H,1H3. The number of carbonyl (C=O) groups excluding carboxylic acids is 3. The molecular weight excluding hydrogens is 342 g/mol. The van der Waals surface area contributed by atoms with Crippen LogP contribution in [-0.4, -0.2) is 38.5 Å². The van der Waals surface area contributed by atoms with E-state index in [0.717, 1.165) is 0 Å². The third kappa shape index (κ3) is 2.30. The monoisotopic (exact) mass is 353 g/mol. The first-order valence-corrected chi connectivity index (χ1v) is 8.55. The lowest BCUT2D eigenvalue weighted by atomic mass is 10.1. The van der Waals surface area contributed by atoms with Gasteiger partial charge in [0, 0.05) is 6.20 Å². The zero-order valence-corrected chi connectivity index (χ0v) is 13.8. The number of hydrogen-bond acceptors (Lipinski definition) is 6. The van der Waals surface area contributed by atoms with E-state index in [4.69, 9.17) is 4.84 Å². The summed E-state index contributed by atoms with van der Waals surface area (Å²) in [4.78, 5) is 46.5. The fourth-order valence-electron chi connectivity index (χ4n) is 2.68. The third-order valence-electron chi connectivity index (χ3n) is 3.82. The molecule has 124 valence electrons. The quantitative estimate of drug-likeness (QED) is 0.531. The van der Waals surface area contributed by atoms with E-state index >= 15 is 0 Å². The second-order valence-electron chi connectivity index (χ2n) is 5.23. The van der Waals surface area contributed by atoms with E-state index in [0.29, 0.717) is 15.7 Å². The van der Waals surface area contributed by atoms with E-state index in [9.17, 15) is 14.4 Å². The molecule has 0 unspecified atom stereocenters. The Balaban J connectivity index is 1.68. The number of rotatable bonds is 3. The predicted octanol–water partition coefficient (Wildman–Crippen LogP) is 2.42. The molecular formula is C17H11N3O4S. The number of amides is 2. The Labute approximate surface area is 146 Å². The highest BCUT2D eigenvalue weighted by Crippen LogP contribution is 2.25. The molecule has 1 aliphatic heterocycles. The summed E-state index contributed by atoms with van der Waals surface area (Å²) < 4.78 is 1.74. The molecule has 0 aliphatic carbocycles. The number of pyridine rings is 1. The maximum Gasteiger partial charge on any atom is 0.384 e. The van der Waals surface area contributed by atoms with Crippen LogP contribution in [0.3, 0.4) is 0 Å². The average molecular weight is 353 g/mol. The minimum atomic E-state index is -0.862. The molecule has 8 heteroatoms. The highest BCUT2D eigenvalue weighted by Gasteiger charge is 2.39. The van der Waals surface area contributed by atoms with Gasteiger partial charge in [-0.2, -0.15) is 0 Å². The topological polar surface area (TPSA) is 81.0 Å². The van der Waals surface area contributed by atoms with Crippen LogP contribution in [0.4, 0.5) is 0 Å². The van der Waals surface area contributed by atoms with Gasteiger partial charge in [-0.05, 0) is 30.5 Å². The summed E-state index contributed by atoms with van der Waals surface area (Å²) in [6, 6.07) is 11.6. The van der Waals surface area contributed by atoms with Crippen molar-refractivity contribution in [3.63, 3.8) is 0 Å². The van der Waals surface area contributed by atoms with E-state index in [1.807, 2.05) is 12.3 Å². The van der Waals surface area contributed by atoms with E-state index < -0.39 is 17.8 Å². The number of hydroxylamine groups is 2. The molecule has 4 rings (SSSR count). The molecule has 3 aromatic rings. The molecule has 3 heterocycles. The van der Waals surface area contributed by atoms with Crippen molar-refractivity contribution in [1.29, 1.82) is 0 Å². The van der Waals surface area contributed by atoms with Crippen molar-refractivity contribution in [2.45, 2.75) is 5.16 Å². The maximum absolute atomic E-state index is 12.5. The Morgan fingerprint density at radius 1 is 1.04 bits per heavy atom. The van der Waals surface area contributed by atoms with Gasteiger partial charge in [-0.1, -0.05) is 35.0 Å². The molecule has 0 N–H and O–H groups in total. The van der Waals surface area contributed by atoms with Crippen molar-refractivity contribution in [2.75, 3.05) is 6.26 Å². The normalized spacial score (nSPS) is 13.4. The molecule has 0 spiro atoms. The predicted molar refractivity (Wildman–Crippen MR) is 89.3 cm³/mol.